The highest BCUT2D eigenvalue weighted by Gasteiger charge is 2.12. The van der Waals surface area contributed by atoms with Crippen molar-refractivity contribution in [2.45, 2.75) is 10.1 Å². The van der Waals surface area contributed by atoms with Crippen LogP contribution in [0.1, 0.15) is 5.56 Å². The van der Waals surface area contributed by atoms with Crippen LogP contribution in [-0.4, -0.2) is 25.8 Å². The highest BCUT2D eigenvalue weighted by Crippen LogP contribution is 2.30. The third kappa shape index (κ3) is 2.57. The zero-order chi connectivity index (χ0) is 13.1. The van der Waals surface area contributed by atoms with Gasteiger partial charge in [-0.05, 0) is 30.0 Å². The van der Waals surface area contributed by atoms with Gasteiger partial charge in [-0.25, -0.2) is 0 Å². The molecule has 94 valence electrons. The summed E-state index contributed by atoms with van der Waals surface area (Å²) < 4.78 is 1.77. The summed E-state index contributed by atoms with van der Waals surface area (Å²) in [6.07, 6.45) is 1.60. The van der Waals surface area contributed by atoms with E-state index in [0.717, 1.165) is 4.90 Å². The second-order valence-electron chi connectivity index (χ2n) is 3.45. The van der Waals surface area contributed by atoms with Crippen LogP contribution < -0.4 is 5.73 Å². The van der Waals surface area contributed by atoms with E-state index in [2.05, 4.69) is 15.4 Å². The number of nitrogens with zero attached hydrogens (tertiary/aromatic N) is 4. The lowest BCUT2D eigenvalue weighted by Crippen LogP contribution is -2.14. The smallest absolute Gasteiger partial charge is 0.195 e. The number of nitrogens with two attached hydrogens (primary N) is 1. The van der Waals surface area contributed by atoms with Crippen LogP contribution in [0.15, 0.2) is 39.7 Å². The van der Waals surface area contributed by atoms with Gasteiger partial charge in [-0.1, -0.05) is 16.8 Å². The van der Waals surface area contributed by atoms with Gasteiger partial charge >= 0.3 is 0 Å². The average Bonchev–Trinajstić information content (AvgIpc) is 2.76. The van der Waals surface area contributed by atoms with Gasteiger partial charge in [-0.2, -0.15) is 0 Å². The first kappa shape index (κ1) is 12.7. The molecule has 0 atom stereocenters. The van der Waals surface area contributed by atoms with Gasteiger partial charge in [0.2, 0.25) is 0 Å². The summed E-state index contributed by atoms with van der Waals surface area (Å²) in [5.74, 6) is 0.00201. The minimum atomic E-state index is 0.00201. The molecule has 0 unspecified atom stereocenters. The van der Waals surface area contributed by atoms with Crippen LogP contribution >= 0.6 is 23.4 Å². The number of aromatic nitrogens is 3. The molecule has 0 saturated carbocycles. The molecule has 0 radical (unpaired) electrons. The summed E-state index contributed by atoms with van der Waals surface area (Å²) in [5, 5.41) is 20.7. The lowest BCUT2D eigenvalue weighted by atomic mass is 10.2. The summed E-state index contributed by atoms with van der Waals surface area (Å²) in [5.41, 5.74) is 6.17. The zero-order valence-electron chi connectivity index (χ0n) is 9.41. The van der Waals surface area contributed by atoms with Crippen molar-refractivity contribution in [3.05, 3.63) is 35.1 Å². The Kier molecular flexibility index (Phi) is 3.73. The van der Waals surface area contributed by atoms with Crippen LogP contribution in [0.25, 0.3) is 0 Å². The van der Waals surface area contributed by atoms with E-state index in [1.54, 1.807) is 29.1 Å². The molecular weight excluding hydrogens is 274 g/mol. The van der Waals surface area contributed by atoms with Crippen molar-refractivity contribution < 1.29 is 5.21 Å². The fraction of sp³-hybridized carbons (Fsp3) is 0.100. The normalized spacial score (nSPS) is 11.8. The van der Waals surface area contributed by atoms with Gasteiger partial charge < -0.3 is 15.5 Å². The lowest BCUT2D eigenvalue weighted by Gasteiger charge is -2.07. The number of oxime groups is 1. The number of halogens is 1. The average molecular weight is 284 g/mol. The van der Waals surface area contributed by atoms with Crippen molar-refractivity contribution in [1.82, 2.24) is 14.8 Å². The van der Waals surface area contributed by atoms with Crippen molar-refractivity contribution >= 4 is 29.2 Å². The van der Waals surface area contributed by atoms with E-state index in [-0.39, 0.29) is 5.84 Å². The fourth-order valence-corrected chi connectivity index (χ4v) is 2.37. The molecule has 0 aliphatic heterocycles. The quantitative estimate of drug-likeness (QED) is 0.387. The first-order valence-electron chi connectivity index (χ1n) is 4.91. The summed E-state index contributed by atoms with van der Waals surface area (Å²) >= 11 is 7.26. The summed E-state index contributed by atoms with van der Waals surface area (Å²) in [6, 6.07) is 5.15. The van der Waals surface area contributed by atoms with Crippen molar-refractivity contribution in [3.63, 3.8) is 0 Å². The molecule has 0 spiro atoms. The van der Waals surface area contributed by atoms with Gasteiger partial charge in [0.05, 0.1) is 0 Å². The van der Waals surface area contributed by atoms with Gasteiger partial charge in [0.15, 0.2) is 11.0 Å². The molecule has 2 aromatic rings. The maximum absolute atomic E-state index is 8.76. The van der Waals surface area contributed by atoms with E-state index in [9.17, 15) is 0 Å². The third-order valence-electron chi connectivity index (χ3n) is 2.20. The third-order valence-corrected chi connectivity index (χ3v) is 3.56. The molecule has 0 aliphatic carbocycles. The predicted molar refractivity (Wildman–Crippen MR) is 69.1 cm³/mol. The van der Waals surface area contributed by atoms with Crippen molar-refractivity contribution in [1.29, 1.82) is 0 Å². The zero-order valence-corrected chi connectivity index (χ0v) is 11.0. The Balaban J connectivity index is 2.42. The first-order chi connectivity index (χ1) is 8.61. The SMILES string of the molecule is Cn1cnnc1Sc1ccc(Cl)cc1/C(N)=N/O. The summed E-state index contributed by atoms with van der Waals surface area (Å²) in [4.78, 5) is 0.783. The lowest BCUT2D eigenvalue weighted by molar-refractivity contribution is 0.318. The molecule has 3 N–H and O–H groups in total. The Labute approximate surface area is 112 Å². The van der Waals surface area contributed by atoms with E-state index in [1.807, 2.05) is 7.05 Å². The molecule has 1 aromatic carbocycles. The number of aryl methyl sites for hydroxylation is 1. The summed E-state index contributed by atoms with van der Waals surface area (Å²) in [6.45, 7) is 0. The molecule has 1 aromatic heterocycles. The van der Waals surface area contributed by atoms with Crippen molar-refractivity contribution in [3.8, 4) is 0 Å². The number of hydrogen-bond donors (Lipinski definition) is 2. The summed E-state index contributed by atoms with van der Waals surface area (Å²) in [7, 11) is 1.83. The molecular formula is C10H10ClN5OS. The molecule has 1 heterocycles. The Morgan fingerprint density at radius 3 is 2.94 bits per heavy atom. The van der Waals surface area contributed by atoms with Gasteiger partial charge in [0.25, 0.3) is 0 Å². The van der Waals surface area contributed by atoms with Crippen molar-refractivity contribution in [2.75, 3.05) is 0 Å². The molecule has 6 nitrogen and oxygen atoms in total. The van der Waals surface area contributed by atoms with E-state index in [0.29, 0.717) is 15.7 Å². The van der Waals surface area contributed by atoms with Crippen molar-refractivity contribution in [2.24, 2.45) is 17.9 Å². The molecule has 2 rings (SSSR count). The maximum Gasteiger partial charge on any atom is 0.195 e. The number of benzene rings is 1. The van der Waals surface area contributed by atoms with Crippen LogP contribution in [0, 0.1) is 0 Å². The monoisotopic (exact) mass is 283 g/mol. The molecule has 0 fully saturated rings. The van der Waals surface area contributed by atoms with E-state index in [4.69, 9.17) is 22.5 Å². The largest absolute Gasteiger partial charge is 0.409 e. The Morgan fingerprint density at radius 1 is 1.56 bits per heavy atom. The van der Waals surface area contributed by atoms with Crippen LogP contribution in [0.3, 0.4) is 0 Å². The molecule has 0 bridgehead atoms. The van der Waals surface area contributed by atoms with Gasteiger partial charge in [0.1, 0.15) is 6.33 Å². The second kappa shape index (κ2) is 5.28. The number of rotatable bonds is 3. The van der Waals surface area contributed by atoms with Gasteiger partial charge in [0, 0.05) is 22.5 Å². The molecule has 0 amide bonds. The molecule has 0 saturated heterocycles. The van der Waals surface area contributed by atoms with Crippen LogP contribution in [-0.2, 0) is 7.05 Å². The highest BCUT2D eigenvalue weighted by atomic mass is 35.5. The Morgan fingerprint density at radius 2 is 2.33 bits per heavy atom. The van der Waals surface area contributed by atoms with Crippen LogP contribution in [0.2, 0.25) is 5.02 Å². The topological polar surface area (TPSA) is 89.3 Å². The minimum Gasteiger partial charge on any atom is -0.409 e. The van der Waals surface area contributed by atoms with Crippen LogP contribution in [0.5, 0.6) is 0 Å². The fourth-order valence-electron chi connectivity index (χ4n) is 1.31. The highest BCUT2D eigenvalue weighted by molar-refractivity contribution is 7.99. The van der Waals surface area contributed by atoms with Gasteiger partial charge in [-0.15, -0.1) is 10.2 Å². The van der Waals surface area contributed by atoms with Gasteiger partial charge in [-0.3, -0.25) is 0 Å². The number of amidine groups is 1. The van der Waals surface area contributed by atoms with Crippen LogP contribution in [0.4, 0.5) is 0 Å². The maximum atomic E-state index is 8.76. The Bertz CT molecular complexity index is 598. The van der Waals surface area contributed by atoms with E-state index < -0.39 is 0 Å². The number of hydrogen-bond acceptors (Lipinski definition) is 5. The first-order valence-corrected chi connectivity index (χ1v) is 6.10. The molecule has 18 heavy (non-hydrogen) atoms. The minimum absolute atomic E-state index is 0.00201. The standard InChI is InChI=1S/C10H10ClN5OS/c1-16-5-13-14-10(16)18-8-3-2-6(11)4-7(8)9(12)15-17/h2-5,17H,1H3,(H2,12,15). The molecule has 8 heteroatoms. The Hall–Kier alpha value is -1.73. The van der Waals surface area contributed by atoms with E-state index in [1.165, 1.54) is 11.8 Å². The van der Waals surface area contributed by atoms with E-state index >= 15 is 0 Å². The second-order valence-corrected chi connectivity index (χ2v) is 4.90. The predicted octanol–water partition coefficient (Wildman–Crippen LogP) is 1.71. The molecule has 0 aliphatic rings.